The molecule has 4 aromatic rings. The summed E-state index contributed by atoms with van der Waals surface area (Å²) in [7, 11) is 0. The molecular weight excluding hydrogens is 328 g/mol. The van der Waals surface area contributed by atoms with Crippen LogP contribution in [0, 0.1) is 0 Å². The van der Waals surface area contributed by atoms with Crippen LogP contribution in [0.3, 0.4) is 0 Å². The van der Waals surface area contributed by atoms with Crippen molar-refractivity contribution in [3.05, 3.63) is 72.3 Å². The van der Waals surface area contributed by atoms with Gasteiger partial charge in [-0.3, -0.25) is 4.79 Å². The quantitative estimate of drug-likeness (QED) is 0.396. The first kappa shape index (κ1) is 16.2. The summed E-state index contributed by atoms with van der Waals surface area (Å²) in [4.78, 5) is 20.6. The van der Waals surface area contributed by atoms with Crippen LogP contribution in [-0.4, -0.2) is 32.2 Å². The minimum Gasteiger partial charge on any atom is -0.465 e. The van der Waals surface area contributed by atoms with Crippen molar-refractivity contribution in [2.24, 2.45) is 0 Å². The summed E-state index contributed by atoms with van der Waals surface area (Å²) in [6, 6.07) is 15.8. The molecule has 0 fully saturated rings. The van der Waals surface area contributed by atoms with Crippen LogP contribution in [0.15, 0.2) is 60.9 Å². The zero-order valence-electron chi connectivity index (χ0n) is 14.2. The molecule has 0 aliphatic heterocycles. The Bertz CT molecular complexity index is 1020. The summed E-state index contributed by atoms with van der Waals surface area (Å²) in [5.41, 5.74) is 0.987. The number of hydrogen-bond donors (Lipinski definition) is 0. The van der Waals surface area contributed by atoms with Crippen LogP contribution in [0.4, 0.5) is 0 Å². The van der Waals surface area contributed by atoms with E-state index in [1.165, 1.54) is 0 Å². The minimum absolute atomic E-state index is 0.217. The number of hydrogen-bond acceptors (Lipinski definition) is 5. The van der Waals surface area contributed by atoms with Gasteiger partial charge in [0.05, 0.1) is 13.0 Å². The smallest absolute Gasteiger partial charge is 0.310 e. The van der Waals surface area contributed by atoms with E-state index in [4.69, 9.17) is 4.74 Å². The van der Waals surface area contributed by atoms with E-state index in [0.29, 0.717) is 31.1 Å². The summed E-state index contributed by atoms with van der Waals surface area (Å²) in [5, 5.41) is 6.55. The Morgan fingerprint density at radius 2 is 1.96 bits per heavy atom. The molecule has 0 N–H and O–H groups in total. The maximum absolute atomic E-state index is 12.1. The maximum Gasteiger partial charge on any atom is 0.310 e. The number of nitrogens with zero attached hydrogens (tertiary/aromatic N) is 4. The third kappa shape index (κ3) is 3.54. The number of carbonyl (C=O) groups is 1. The predicted octanol–water partition coefficient (Wildman–Crippen LogP) is 3.00. The van der Waals surface area contributed by atoms with Gasteiger partial charge in [0.15, 0.2) is 5.82 Å². The fourth-order valence-electron chi connectivity index (χ4n) is 2.95. The molecule has 0 unspecified atom stereocenters. The molecule has 6 heteroatoms. The van der Waals surface area contributed by atoms with Crippen LogP contribution in [0.5, 0.6) is 0 Å². The van der Waals surface area contributed by atoms with E-state index >= 15 is 0 Å². The molecule has 26 heavy (non-hydrogen) atoms. The van der Waals surface area contributed by atoms with E-state index in [0.717, 1.165) is 16.3 Å². The topological polar surface area (TPSA) is 69.4 Å². The van der Waals surface area contributed by atoms with Gasteiger partial charge in [0.2, 0.25) is 0 Å². The lowest BCUT2D eigenvalue weighted by atomic mass is 10.0. The third-order valence-corrected chi connectivity index (χ3v) is 4.18. The van der Waals surface area contributed by atoms with Crippen molar-refractivity contribution in [2.75, 3.05) is 6.61 Å². The van der Waals surface area contributed by atoms with Crippen molar-refractivity contribution in [2.45, 2.75) is 19.3 Å². The fraction of sp³-hybridized carbons (Fsp3) is 0.200. The lowest BCUT2D eigenvalue weighted by molar-refractivity contribution is -0.142. The van der Waals surface area contributed by atoms with Crippen molar-refractivity contribution in [3.63, 3.8) is 0 Å². The fourth-order valence-corrected chi connectivity index (χ4v) is 2.95. The van der Waals surface area contributed by atoms with Crippen molar-refractivity contribution in [3.8, 4) is 0 Å². The molecule has 2 heterocycles. The maximum atomic E-state index is 12.1. The molecule has 0 spiro atoms. The van der Waals surface area contributed by atoms with Crippen LogP contribution in [0.2, 0.25) is 0 Å². The monoisotopic (exact) mass is 346 g/mol. The van der Waals surface area contributed by atoms with E-state index in [2.05, 4.69) is 15.1 Å². The molecule has 2 aromatic heterocycles. The molecule has 6 nitrogen and oxygen atoms in total. The van der Waals surface area contributed by atoms with Gasteiger partial charge >= 0.3 is 5.97 Å². The van der Waals surface area contributed by atoms with Gasteiger partial charge < -0.3 is 4.74 Å². The highest BCUT2D eigenvalue weighted by molar-refractivity contribution is 5.88. The molecule has 0 radical (unpaired) electrons. The van der Waals surface area contributed by atoms with Crippen molar-refractivity contribution in [1.82, 2.24) is 19.6 Å². The average Bonchev–Trinajstić information content (AvgIpc) is 3.08. The Morgan fingerprint density at radius 3 is 2.88 bits per heavy atom. The van der Waals surface area contributed by atoms with Crippen LogP contribution >= 0.6 is 0 Å². The van der Waals surface area contributed by atoms with E-state index < -0.39 is 0 Å². The van der Waals surface area contributed by atoms with Gasteiger partial charge in [-0.2, -0.15) is 4.98 Å². The Morgan fingerprint density at radius 1 is 1.08 bits per heavy atom. The molecule has 0 saturated carbocycles. The predicted molar refractivity (Wildman–Crippen MR) is 97.7 cm³/mol. The van der Waals surface area contributed by atoms with Gasteiger partial charge in [-0.1, -0.05) is 42.5 Å². The van der Waals surface area contributed by atoms with Gasteiger partial charge in [-0.25, -0.2) is 9.50 Å². The molecule has 4 rings (SSSR count). The highest BCUT2D eigenvalue weighted by atomic mass is 16.5. The molecule has 0 aliphatic carbocycles. The second-order valence-electron chi connectivity index (χ2n) is 6.03. The van der Waals surface area contributed by atoms with E-state index in [1.54, 1.807) is 16.8 Å². The number of fused-ring (bicyclic) bond motifs is 2. The first-order valence-corrected chi connectivity index (χ1v) is 8.58. The molecule has 0 atom stereocenters. The number of aryl methyl sites for hydroxylation is 1. The summed E-state index contributed by atoms with van der Waals surface area (Å²) >= 11 is 0. The summed E-state index contributed by atoms with van der Waals surface area (Å²) in [6.45, 7) is 0.354. The number of aromatic nitrogens is 4. The minimum atomic E-state index is -0.217. The largest absolute Gasteiger partial charge is 0.465 e. The van der Waals surface area contributed by atoms with Crippen molar-refractivity contribution < 1.29 is 9.53 Å². The van der Waals surface area contributed by atoms with Crippen LogP contribution in [0.1, 0.15) is 17.8 Å². The van der Waals surface area contributed by atoms with Gasteiger partial charge in [0.1, 0.15) is 0 Å². The van der Waals surface area contributed by atoms with Crippen molar-refractivity contribution in [1.29, 1.82) is 0 Å². The normalized spacial score (nSPS) is 11.1. The Kier molecular flexibility index (Phi) is 4.55. The summed E-state index contributed by atoms with van der Waals surface area (Å²) < 4.78 is 7.01. The lowest BCUT2D eigenvalue weighted by Gasteiger charge is -2.07. The molecule has 0 bridgehead atoms. The van der Waals surface area contributed by atoms with Crippen LogP contribution in [0.25, 0.3) is 16.6 Å². The number of rotatable bonds is 6. The highest BCUT2D eigenvalue weighted by Crippen LogP contribution is 2.19. The van der Waals surface area contributed by atoms with E-state index in [1.807, 2.05) is 48.7 Å². The SMILES string of the molecule is O=C(Cc1cccc2ccccc12)OCCCc1nc2ncccn2n1. The highest BCUT2D eigenvalue weighted by Gasteiger charge is 2.09. The molecule has 130 valence electrons. The van der Waals surface area contributed by atoms with Gasteiger partial charge in [0, 0.05) is 18.8 Å². The van der Waals surface area contributed by atoms with Gasteiger partial charge in [0.25, 0.3) is 5.78 Å². The number of ether oxygens (including phenoxy) is 1. The van der Waals surface area contributed by atoms with Crippen LogP contribution < -0.4 is 0 Å². The zero-order chi connectivity index (χ0) is 17.8. The Hall–Kier alpha value is -3.28. The third-order valence-electron chi connectivity index (χ3n) is 4.18. The molecule has 2 aromatic carbocycles. The number of esters is 1. The number of carbonyl (C=O) groups excluding carboxylic acids is 1. The first-order valence-electron chi connectivity index (χ1n) is 8.58. The summed E-state index contributed by atoms with van der Waals surface area (Å²) in [5.74, 6) is 1.07. The second kappa shape index (κ2) is 7.31. The van der Waals surface area contributed by atoms with E-state index in [-0.39, 0.29) is 12.4 Å². The first-order chi connectivity index (χ1) is 12.8. The molecule has 0 amide bonds. The van der Waals surface area contributed by atoms with Gasteiger partial charge in [-0.05, 0) is 28.8 Å². The Balaban J connectivity index is 1.30. The van der Waals surface area contributed by atoms with Crippen LogP contribution in [-0.2, 0) is 22.4 Å². The Labute approximate surface area is 150 Å². The molecule has 0 aliphatic rings. The average molecular weight is 346 g/mol. The summed E-state index contributed by atoms with van der Waals surface area (Å²) in [6.07, 6.45) is 5.09. The standard InChI is InChI=1S/C20H18N4O2/c25-19(14-16-8-3-7-15-6-1-2-9-17(15)16)26-13-4-10-18-22-20-21-11-5-12-24(20)23-18/h1-3,5-9,11-12H,4,10,13-14H2. The molecular formula is C20H18N4O2. The van der Waals surface area contributed by atoms with Gasteiger partial charge in [-0.15, -0.1) is 5.10 Å². The van der Waals surface area contributed by atoms with Crippen molar-refractivity contribution >= 4 is 22.5 Å². The zero-order valence-corrected chi connectivity index (χ0v) is 14.2. The lowest BCUT2D eigenvalue weighted by Crippen LogP contribution is -2.10. The second-order valence-corrected chi connectivity index (χ2v) is 6.03. The molecule has 0 saturated heterocycles. The van der Waals surface area contributed by atoms with E-state index in [9.17, 15) is 4.79 Å². The number of benzene rings is 2.